The Kier molecular flexibility index (Phi) is 8.34. The monoisotopic (exact) mass is 542 g/mol. The highest BCUT2D eigenvalue weighted by molar-refractivity contribution is 5.82. The van der Waals surface area contributed by atoms with Crippen LogP contribution in [0.25, 0.3) is 11.1 Å². The van der Waals surface area contributed by atoms with Crippen LogP contribution in [0.3, 0.4) is 0 Å². The van der Waals surface area contributed by atoms with E-state index in [1.165, 1.54) is 75.8 Å². The predicted octanol–water partition coefficient (Wildman–Crippen LogP) is 11.6. The van der Waals surface area contributed by atoms with Gasteiger partial charge in [0.15, 0.2) is 0 Å². The van der Waals surface area contributed by atoms with E-state index in [1.54, 1.807) is 5.56 Å². The Balaban J connectivity index is 1.69. The van der Waals surface area contributed by atoms with Crippen LogP contribution in [0.5, 0.6) is 0 Å². The van der Waals surface area contributed by atoms with Gasteiger partial charge in [-0.1, -0.05) is 145 Å². The minimum atomic E-state index is 0.0369. The van der Waals surface area contributed by atoms with Gasteiger partial charge in [-0.05, 0) is 106 Å². The van der Waals surface area contributed by atoms with Gasteiger partial charge in [0.1, 0.15) is 0 Å². The molecule has 0 heteroatoms. The van der Waals surface area contributed by atoms with Crippen LogP contribution in [-0.2, 0) is 17.3 Å². The summed E-state index contributed by atoms with van der Waals surface area (Å²) in [6.45, 7) is 19.2. The lowest BCUT2D eigenvalue weighted by atomic mass is 9.66. The maximum absolute atomic E-state index is 2.62. The molecule has 5 rings (SSSR count). The van der Waals surface area contributed by atoms with Gasteiger partial charge in [0, 0.05) is 0 Å². The lowest BCUT2D eigenvalue weighted by Gasteiger charge is -2.38. The van der Waals surface area contributed by atoms with Crippen LogP contribution in [0, 0.1) is 13.8 Å². The van der Waals surface area contributed by atoms with Gasteiger partial charge in [0.05, 0.1) is 0 Å². The van der Waals surface area contributed by atoms with E-state index in [1.807, 2.05) is 0 Å². The molecule has 41 heavy (non-hydrogen) atoms. The molecule has 2 unspecified atom stereocenters. The Morgan fingerprint density at radius 3 is 1.63 bits per heavy atom. The highest BCUT2D eigenvalue weighted by atomic mass is 14.4. The number of fused-ring (bicyclic) bond motifs is 3. The smallest absolute Gasteiger partial charge is 0.00131 e. The first-order chi connectivity index (χ1) is 19.6. The van der Waals surface area contributed by atoms with Crippen LogP contribution >= 0.6 is 0 Å². The number of hydrogen-bond acceptors (Lipinski definition) is 0. The van der Waals surface area contributed by atoms with Crippen LogP contribution in [-0.4, -0.2) is 0 Å². The van der Waals surface area contributed by atoms with Crippen molar-refractivity contribution in [1.82, 2.24) is 0 Å². The predicted molar refractivity (Wildman–Crippen MR) is 178 cm³/mol. The maximum atomic E-state index is 2.62. The summed E-state index contributed by atoms with van der Waals surface area (Å²) in [4.78, 5) is 0. The molecule has 0 saturated heterocycles. The minimum Gasteiger partial charge on any atom is -0.0654 e. The van der Waals surface area contributed by atoms with Gasteiger partial charge in [-0.15, -0.1) is 0 Å². The van der Waals surface area contributed by atoms with Gasteiger partial charge in [-0.3, -0.25) is 0 Å². The molecular formula is C41H50. The van der Waals surface area contributed by atoms with Crippen molar-refractivity contribution in [1.29, 1.82) is 0 Å². The molecule has 0 bridgehead atoms. The van der Waals surface area contributed by atoms with Crippen molar-refractivity contribution in [3.05, 3.63) is 129 Å². The summed E-state index contributed by atoms with van der Waals surface area (Å²) in [7, 11) is 0. The fourth-order valence-corrected chi connectivity index (χ4v) is 7.90. The topological polar surface area (TPSA) is 0 Å². The standard InChI is InChI=1S/C41H50/c1-9-17-37(40(5,6)32-19-13-11-14-20-32)34-27-35-30(25-29(34)4)26-31-23-28(3)24-36(39(31)35)38(18-10-2)41(7,8)33-21-15-12-16-22-33/h11-16,19-25,27,37-38H,9-10,17-18,26H2,1-8H3. The van der Waals surface area contributed by atoms with Crippen LogP contribution in [0.4, 0.5) is 0 Å². The van der Waals surface area contributed by atoms with Crippen LogP contribution in [0.1, 0.15) is 124 Å². The third kappa shape index (κ3) is 5.43. The Morgan fingerprint density at radius 2 is 1.12 bits per heavy atom. The third-order valence-corrected chi connectivity index (χ3v) is 10.2. The highest BCUT2D eigenvalue weighted by Crippen LogP contribution is 2.51. The van der Waals surface area contributed by atoms with Crippen molar-refractivity contribution in [2.75, 3.05) is 0 Å². The van der Waals surface area contributed by atoms with Crippen molar-refractivity contribution >= 4 is 0 Å². The van der Waals surface area contributed by atoms with Crippen LogP contribution in [0.2, 0.25) is 0 Å². The largest absolute Gasteiger partial charge is 0.0654 e. The van der Waals surface area contributed by atoms with E-state index in [9.17, 15) is 0 Å². The first kappa shape index (κ1) is 29.4. The van der Waals surface area contributed by atoms with E-state index < -0.39 is 0 Å². The average Bonchev–Trinajstić information content (AvgIpc) is 3.31. The molecule has 0 heterocycles. The maximum Gasteiger partial charge on any atom is -0.00131 e. The fourth-order valence-electron chi connectivity index (χ4n) is 7.90. The molecule has 0 radical (unpaired) electrons. The van der Waals surface area contributed by atoms with Gasteiger partial charge in [0.2, 0.25) is 0 Å². The fraction of sp³-hybridized carbons (Fsp3) is 0.415. The van der Waals surface area contributed by atoms with E-state index in [0.29, 0.717) is 11.8 Å². The quantitative estimate of drug-likeness (QED) is 0.165. The van der Waals surface area contributed by atoms with Gasteiger partial charge >= 0.3 is 0 Å². The molecule has 4 aromatic carbocycles. The third-order valence-electron chi connectivity index (χ3n) is 10.2. The molecule has 214 valence electrons. The van der Waals surface area contributed by atoms with Crippen molar-refractivity contribution in [2.45, 2.75) is 110 Å². The lowest BCUT2D eigenvalue weighted by molar-refractivity contribution is 0.385. The molecule has 0 nitrogen and oxygen atoms in total. The Hall–Kier alpha value is -3.12. The van der Waals surface area contributed by atoms with Gasteiger partial charge in [-0.25, -0.2) is 0 Å². The first-order valence-corrected chi connectivity index (χ1v) is 16.0. The summed E-state index contributed by atoms with van der Waals surface area (Å²) >= 11 is 0. The highest BCUT2D eigenvalue weighted by Gasteiger charge is 2.37. The zero-order valence-electron chi connectivity index (χ0n) is 26.8. The Morgan fingerprint density at radius 1 is 0.610 bits per heavy atom. The van der Waals surface area contributed by atoms with E-state index in [-0.39, 0.29) is 10.8 Å². The second kappa shape index (κ2) is 11.6. The molecule has 2 atom stereocenters. The van der Waals surface area contributed by atoms with Crippen LogP contribution < -0.4 is 0 Å². The van der Waals surface area contributed by atoms with E-state index in [0.717, 1.165) is 6.42 Å². The molecule has 0 aromatic heterocycles. The van der Waals surface area contributed by atoms with Crippen LogP contribution in [0.15, 0.2) is 84.9 Å². The second-order valence-corrected chi connectivity index (χ2v) is 13.8. The summed E-state index contributed by atoms with van der Waals surface area (Å²) in [6, 6.07) is 32.5. The molecule has 1 aliphatic rings. The Bertz CT molecular complexity index is 1490. The molecule has 0 fully saturated rings. The second-order valence-electron chi connectivity index (χ2n) is 13.8. The zero-order valence-corrected chi connectivity index (χ0v) is 26.8. The van der Waals surface area contributed by atoms with Crippen molar-refractivity contribution < 1.29 is 0 Å². The van der Waals surface area contributed by atoms with Gasteiger partial charge < -0.3 is 0 Å². The average molecular weight is 543 g/mol. The van der Waals surface area contributed by atoms with Crippen molar-refractivity contribution in [3.8, 4) is 11.1 Å². The molecule has 0 amide bonds. The number of benzene rings is 4. The summed E-state index contributed by atoms with van der Waals surface area (Å²) in [5.74, 6) is 0.914. The van der Waals surface area contributed by atoms with Gasteiger partial charge in [-0.2, -0.15) is 0 Å². The van der Waals surface area contributed by atoms with E-state index in [4.69, 9.17) is 0 Å². The summed E-state index contributed by atoms with van der Waals surface area (Å²) in [5.41, 5.74) is 14.9. The molecule has 4 aromatic rings. The first-order valence-electron chi connectivity index (χ1n) is 16.0. The van der Waals surface area contributed by atoms with Crippen molar-refractivity contribution in [2.24, 2.45) is 0 Å². The SMILES string of the molecule is CCCC(c1cc2c(cc1C)Cc1cc(C)cc(C(CCC)C(C)(C)c3ccccc3)c1-2)C(C)(C)c1ccccc1. The number of hydrogen-bond donors (Lipinski definition) is 0. The summed E-state index contributed by atoms with van der Waals surface area (Å²) in [5, 5.41) is 0. The molecule has 0 spiro atoms. The molecule has 0 N–H and O–H groups in total. The molecule has 0 saturated carbocycles. The number of rotatable bonds is 10. The Labute approximate surface area is 250 Å². The van der Waals surface area contributed by atoms with Gasteiger partial charge in [0.25, 0.3) is 0 Å². The minimum absolute atomic E-state index is 0.0369. The molecular weight excluding hydrogens is 492 g/mol. The molecule has 1 aliphatic carbocycles. The summed E-state index contributed by atoms with van der Waals surface area (Å²) in [6.07, 6.45) is 5.79. The van der Waals surface area contributed by atoms with E-state index >= 15 is 0 Å². The normalized spacial score (nSPS) is 14.4. The zero-order chi connectivity index (χ0) is 29.4. The summed E-state index contributed by atoms with van der Waals surface area (Å²) < 4.78 is 0. The van der Waals surface area contributed by atoms with Crippen molar-refractivity contribution in [3.63, 3.8) is 0 Å². The lowest BCUT2D eigenvalue weighted by Crippen LogP contribution is -2.28. The molecule has 0 aliphatic heterocycles. The van der Waals surface area contributed by atoms with E-state index in [2.05, 4.69) is 140 Å². The number of aryl methyl sites for hydroxylation is 2.